The highest BCUT2D eigenvalue weighted by molar-refractivity contribution is 5.74. The van der Waals surface area contributed by atoms with Gasteiger partial charge in [-0.1, -0.05) is 42.5 Å². The van der Waals surface area contributed by atoms with Crippen LogP contribution in [0, 0.1) is 5.82 Å². The van der Waals surface area contributed by atoms with Gasteiger partial charge in [-0.25, -0.2) is 9.37 Å². The standard InChI is InChI=1S/C24H24FN3O2/c1-2-29-22-13-7-9-17(24(22)30-16-18-8-3-4-10-19(18)25)14-26-15-23-27-20-11-5-6-12-21(20)28-23/h3-13,26H,2,14-16H2,1H3,(H,27,28). The zero-order valence-corrected chi connectivity index (χ0v) is 16.8. The summed E-state index contributed by atoms with van der Waals surface area (Å²) in [6, 6.07) is 20.3. The number of nitrogens with zero attached hydrogens (tertiary/aromatic N) is 1. The number of nitrogens with one attached hydrogen (secondary N) is 2. The summed E-state index contributed by atoms with van der Waals surface area (Å²) in [4.78, 5) is 7.89. The van der Waals surface area contributed by atoms with E-state index in [0.717, 1.165) is 22.4 Å². The SMILES string of the molecule is CCOc1cccc(CNCc2nc3ccccc3[nH]2)c1OCc1ccccc1F. The molecule has 0 saturated carbocycles. The van der Waals surface area contributed by atoms with Crippen LogP contribution in [0.2, 0.25) is 0 Å². The van der Waals surface area contributed by atoms with Gasteiger partial charge in [-0.05, 0) is 31.2 Å². The number of para-hydroxylation sites is 3. The average molecular weight is 405 g/mol. The summed E-state index contributed by atoms with van der Waals surface area (Å²) < 4.78 is 25.7. The van der Waals surface area contributed by atoms with Crippen LogP contribution < -0.4 is 14.8 Å². The molecule has 30 heavy (non-hydrogen) atoms. The Labute approximate surface area is 174 Å². The predicted molar refractivity (Wildman–Crippen MR) is 115 cm³/mol. The van der Waals surface area contributed by atoms with Crippen molar-refractivity contribution in [3.63, 3.8) is 0 Å². The van der Waals surface area contributed by atoms with Gasteiger partial charge in [0.25, 0.3) is 0 Å². The van der Waals surface area contributed by atoms with E-state index in [2.05, 4.69) is 15.3 Å². The number of fused-ring (bicyclic) bond motifs is 1. The molecule has 0 aliphatic heterocycles. The van der Waals surface area contributed by atoms with Gasteiger partial charge in [-0.3, -0.25) is 0 Å². The van der Waals surface area contributed by atoms with Gasteiger partial charge in [0.2, 0.25) is 0 Å². The Kier molecular flexibility index (Phi) is 6.25. The van der Waals surface area contributed by atoms with Gasteiger partial charge in [0, 0.05) is 17.7 Å². The molecule has 0 radical (unpaired) electrons. The van der Waals surface area contributed by atoms with E-state index in [0.29, 0.717) is 36.8 Å². The lowest BCUT2D eigenvalue weighted by atomic mass is 10.1. The number of halogens is 1. The summed E-state index contributed by atoms with van der Waals surface area (Å²) in [5, 5.41) is 3.39. The minimum absolute atomic E-state index is 0.132. The second kappa shape index (κ2) is 9.41. The van der Waals surface area contributed by atoms with Gasteiger partial charge in [0.1, 0.15) is 18.2 Å². The maximum atomic E-state index is 14.0. The molecule has 3 aromatic carbocycles. The number of aromatic amines is 1. The largest absolute Gasteiger partial charge is 0.490 e. The van der Waals surface area contributed by atoms with E-state index in [4.69, 9.17) is 9.47 Å². The van der Waals surface area contributed by atoms with Crippen LogP contribution >= 0.6 is 0 Å². The highest BCUT2D eigenvalue weighted by Crippen LogP contribution is 2.32. The van der Waals surface area contributed by atoms with Crippen LogP contribution in [0.3, 0.4) is 0 Å². The van der Waals surface area contributed by atoms with Gasteiger partial charge < -0.3 is 19.8 Å². The summed E-state index contributed by atoms with van der Waals surface area (Å²) in [5.41, 5.74) is 3.40. The Hall–Kier alpha value is -3.38. The van der Waals surface area contributed by atoms with Crippen LogP contribution in [0.1, 0.15) is 23.9 Å². The lowest BCUT2D eigenvalue weighted by Gasteiger charge is -2.16. The fraction of sp³-hybridized carbons (Fsp3) is 0.208. The molecule has 0 aliphatic rings. The van der Waals surface area contributed by atoms with Crippen molar-refractivity contribution >= 4 is 11.0 Å². The Bertz CT molecular complexity index is 1090. The van der Waals surface area contributed by atoms with E-state index >= 15 is 0 Å². The highest BCUT2D eigenvalue weighted by atomic mass is 19.1. The Balaban J connectivity index is 1.47. The summed E-state index contributed by atoms with van der Waals surface area (Å²) in [5.74, 6) is 1.86. The molecule has 1 heterocycles. The molecule has 0 unspecified atom stereocenters. The molecule has 5 nitrogen and oxygen atoms in total. The molecule has 0 atom stereocenters. The molecule has 6 heteroatoms. The third-order valence-corrected chi connectivity index (χ3v) is 4.74. The summed E-state index contributed by atoms with van der Waals surface area (Å²) in [7, 11) is 0. The molecule has 0 spiro atoms. The quantitative estimate of drug-likeness (QED) is 0.413. The normalized spacial score (nSPS) is 11.0. The Morgan fingerprint density at radius 3 is 2.53 bits per heavy atom. The van der Waals surface area contributed by atoms with Gasteiger partial charge in [-0.15, -0.1) is 0 Å². The van der Waals surface area contributed by atoms with E-state index in [-0.39, 0.29) is 12.4 Å². The number of hydrogen-bond acceptors (Lipinski definition) is 4. The third-order valence-electron chi connectivity index (χ3n) is 4.74. The number of hydrogen-bond donors (Lipinski definition) is 2. The van der Waals surface area contributed by atoms with Crippen LogP contribution in [0.25, 0.3) is 11.0 Å². The van der Waals surface area contributed by atoms with Crippen LogP contribution in [-0.2, 0) is 19.7 Å². The van der Waals surface area contributed by atoms with Crippen LogP contribution in [0.4, 0.5) is 4.39 Å². The van der Waals surface area contributed by atoms with Crippen molar-refractivity contribution in [1.29, 1.82) is 0 Å². The summed E-state index contributed by atoms with van der Waals surface area (Å²) >= 11 is 0. The first-order valence-electron chi connectivity index (χ1n) is 10.00. The van der Waals surface area contributed by atoms with Gasteiger partial charge >= 0.3 is 0 Å². The molecule has 0 bridgehead atoms. The molecular weight excluding hydrogens is 381 g/mol. The first-order valence-corrected chi connectivity index (χ1v) is 10.00. The van der Waals surface area contributed by atoms with Gasteiger partial charge in [0.05, 0.1) is 24.2 Å². The maximum Gasteiger partial charge on any atom is 0.166 e. The molecule has 154 valence electrons. The first kappa shape index (κ1) is 19.9. The lowest BCUT2D eigenvalue weighted by Crippen LogP contribution is -2.15. The molecule has 2 N–H and O–H groups in total. The number of benzene rings is 3. The Morgan fingerprint density at radius 1 is 0.900 bits per heavy atom. The smallest absolute Gasteiger partial charge is 0.166 e. The monoisotopic (exact) mass is 405 g/mol. The van der Waals surface area contributed by atoms with Crippen LogP contribution in [0.5, 0.6) is 11.5 Å². The topological polar surface area (TPSA) is 59.2 Å². The van der Waals surface area contributed by atoms with Crippen molar-refractivity contribution in [2.45, 2.75) is 26.6 Å². The van der Waals surface area contributed by atoms with Gasteiger partial charge in [0.15, 0.2) is 11.5 Å². The predicted octanol–water partition coefficient (Wildman–Crippen LogP) is 4.97. The number of H-pyrrole nitrogens is 1. The van der Waals surface area contributed by atoms with E-state index < -0.39 is 0 Å². The third kappa shape index (κ3) is 4.60. The number of imidazole rings is 1. The van der Waals surface area contributed by atoms with Crippen LogP contribution in [-0.4, -0.2) is 16.6 Å². The van der Waals surface area contributed by atoms with E-state index in [9.17, 15) is 4.39 Å². The molecule has 0 fully saturated rings. The maximum absolute atomic E-state index is 14.0. The van der Waals surface area contributed by atoms with Crippen molar-refractivity contribution in [2.24, 2.45) is 0 Å². The molecular formula is C24H24FN3O2. The summed E-state index contributed by atoms with van der Waals surface area (Å²) in [6.45, 7) is 3.72. The van der Waals surface area contributed by atoms with E-state index in [1.54, 1.807) is 18.2 Å². The molecule has 0 aliphatic carbocycles. The van der Waals surface area contributed by atoms with Gasteiger partial charge in [-0.2, -0.15) is 0 Å². The molecule has 0 saturated heterocycles. The molecule has 0 amide bonds. The van der Waals surface area contributed by atoms with Crippen molar-refractivity contribution in [3.05, 3.63) is 89.5 Å². The second-order valence-corrected chi connectivity index (χ2v) is 6.86. The van der Waals surface area contributed by atoms with Crippen molar-refractivity contribution in [3.8, 4) is 11.5 Å². The number of rotatable bonds is 9. The van der Waals surface area contributed by atoms with E-state index in [1.165, 1.54) is 6.07 Å². The fourth-order valence-electron chi connectivity index (χ4n) is 3.30. The fourth-order valence-corrected chi connectivity index (χ4v) is 3.30. The lowest BCUT2D eigenvalue weighted by molar-refractivity contribution is 0.262. The van der Waals surface area contributed by atoms with E-state index in [1.807, 2.05) is 49.4 Å². The first-order chi connectivity index (χ1) is 14.7. The summed E-state index contributed by atoms with van der Waals surface area (Å²) in [6.07, 6.45) is 0. The zero-order chi connectivity index (χ0) is 20.8. The zero-order valence-electron chi connectivity index (χ0n) is 16.8. The Morgan fingerprint density at radius 2 is 1.70 bits per heavy atom. The molecule has 4 rings (SSSR count). The van der Waals surface area contributed by atoms with Crippen LogP contribution in [0.15, 0.2) is 66.7 Å². The number of aromatic nitrogens is 2. The van der Waals surface area contributed by atoms with Crippen molar-refractivity contribution < 1.29 is 13.9 Å². The minimum atomic E-state index is -0.282. The average Bonchev–Trinajstić information content (AvgIpc) is 3.17. The number of ether oxygens (including phenoxy) is 2. The minimum Gasteiger partial charge on any atom is -0.490 e. The second-order valence-electron chi connectivity index (χ2n) is 6.86. The molecule has 4 aromatic rings. The highest BCUT2D eigenvalue weighted by Gasteiger charge is 2.13. The van der Waals surface area contributed by atoms with Crippen molar-refractivity contribution in [2.75, 3.05) is 6.61 Å². The molecule has 1 aromatic heterocycles. The van der Waals surface area contributed by atoms with Crippen molar-refractivity contribution in [1.82, 2.24) is 15.3 Å².